The third-order valence-corrected chi connectivity index (χ3v) is 11.4. The molecule has 236 valence electrons. The van der Waals surface area contributed by atoms with Crippen LogP contribution in [0.2, 0.25) is 0 Å². The predicted octanol–water partition coefficient (Wildman–Crippen LogP) is 5.64. The average molecular weight is 614 g/mol. The topological polar surface area (TPSA) is 73.9 Å². The highest BCUT2D eigenvalue weighted by Gasteiger charge is 2.77. The summed E-state index contributed by atoms with van der Waals surface area (Å²) in [5.41, 5.74) is -2.32. The molecular formula is C34H40F3N2O5+. The summed E-state index contributed by atoms with van der Waals surface area (Å²) >= 11 is 0. The summed E-state index contributed by atoms with van der Waals surface area (Å²) in [6.45, 7) is 3.37. The van der Waals surface area contributed by atoms with Crippen LogP contribution in [0.1, 0.15) is 57.4 Å². The second kappa shape index (κ2) is 10.2. The summed E-state index contributed by atoms with van der Waals surface area (Å²) in [6.07, 6.45) is 3.82. The standard InChI is InChI=1S/C34H39F3N2O5/c1-20(40)43-27-18-29(42-3)33(38-31(41)25(34(35,36)37)16-21-8-5-4-6-9-21)30-23(27)17-26-24-10-7-11-28(44-33)32(24,30)14-15-39(26,2)19-22-12-13-22/h4-6,8-9,16,18,22,24,26,28,30H,7,10-15,17,19H2,1-3H3/p+1/t24-,26+,28-,30?,32+,33?,39?/m0/s1. The highest BCUT2D eigenvalue weighted by Crippen LogP contribution is 2.71. The molecule has 2 aliphatic heterocycles. The van der Waals surface area contributed by atoms with E-state index in [-0.39, 0.29) is 29.4 Å². The number of carbonyl (C=O) groups excluding carboxylic acids is 2. The van der Waals surface area contributed by atoms with Gasteiger partial charge in [-0.2, -0.15) is 13.2 Å². The monoisotopic (exact) mass is 613 g/mol. The van der Waals surface area contributed by atoms with Gasteiger partial charge in [-0.25, -0.2) is 0 Å². The quantitative estimate of drug-likeness (QED) is 0.245. The number of esters is 1. The van der Waals surface area contributed by atoms with Crippen LogP contribution in [0, 0.1) is 23.2 Å². The lowest BCUT2D eigenvalue weighted by Gasteiger charge is -2.64. The maximum absolute atomic E-state index is 14.5. The Hall–Kier alpha value is -3.11. The molecule has 7 atom stereocenters. The molecule has 0 aromatic heterocycles. The molecule has 7 rings (SSSR count). The number of nitrogens with one attached hydrogen (secondary N) is 1. The first-order chi connectivity index (χ1) is 20.9. The van der Waals surface area contributed by atoms with E-state index in [1.54, 1.807) is 24.3 Å². The van der Waals surface area contributed by atoms with E-state index in [9.17, 15) is 22.8 Å². The molecule has 5 fully saturated rings. The number of likely N-dealkylation sites (tertiary alicyclic amines) is 1. The Balaban J connectivity index is 1.37. The Kier molecular flexibility index (Phi) is 6.86. The number of nitrogens with zero attached hydrogens (tertiary/aromatic N) is 1. The Labute approximate surface area is 255 Å². The van der Waals surface area contributed by atoms with Crippen LogP contribution in [0.4, 0.5) is 13.2 Å². The fourth-order valence-electron chi connectivity index (χ4n) is 9.64. The zero-order valence-corrected chi connectivity index (χ0v) is 25.4. The second-order valence-electron chi connectivity index (χ2n) is 13.9. The molecule has 44 heavy (non-hydrogen) atoms. The molecule has 1 N–H and O–H groups in total. The molecule has 6 aliphatic rings. The van der Waals surface area contributed by atoms with Crippen LogP contribution in [-0.4, -0.2) is 67.7 Å². The largest absolute Gasteiger partial charge is 0.496 e. The molecule has 1 spiro atoms. The van der Waals surface area contributed by atoms with E-state index in [1.807, 2.05) is 0 Å². The molecule has 2 heterocycles. The van der Waals surface area contributed by atoms with Crippen LogP contribution in [0.25, 0.3) is 6.08 Å². The van der Waals surface area contributed by atoms with E-state index >= 15 is 0 Å². The SMILES string of the molecule is COC1=CC(OC(C)=O)=C2C[C@@H]3[C@@H]4CCC[C@@H]5OC1(NC(=O)C(=Cc1ccccc1)C(F)(F)F)C2[C@@]54CC[N+]3(C)CC1CC1. The van der Waals surface area contributed by atoms with Crippen LogP contribution < -0.4 is 5.32 Å². The predicted molar refractivity (Wildman–Crippen MR) is 155 cm³/mol. The van der Waals surface area contributed by atoms with Crippen LogP contribution in [-0.2, 0) is 23.8 Å². The fraction of sp³-hybridized carbons (Fsp3) is 0.588. The highest BCUT2D eigenvalue weighted by atomic mass is 19.4. The molecule has 0 radical (unpaired) electrons. The van der Waals surface area contributed by atoms with E-state index < -0.39 is 40.7 Å². The maximum Gasteiger partial charge on any atom is 0.421 e. The van der Waals surface area contributed by atoms with Crippen molar-refractivity contribution >= 4 is 18.0 Å². The molecule has 3 unspecified atom stereocenters. The lowest BCUT2D eigenvalue weighted by Crippen LogP contribution is -2.72. The number of benzene rings is 1. The van der Waals surface area contributed by atoms with E-state index in [2.05, 4.69) is 12.4 Å². The van der Waals surface area contributed by atoms with E-state index in [1.165, 1.54) is 39.0 Å². The van der Waals surface area contributed by atoms with Gasteiger partial charge in [0.1, 0.15) is 11.3 Å². The average Bonchev–Trinajstić information content (AvgIpc) is 3.73. The van der Waals surface area contributed by atoms with Gasteiger partial charge in [0.2, 0.25) is 5.72 Å². The summed E-state index contributed by atoms with van der Waals surface area (Å²) in [4.78, 5) is 26.2. The zero-order chi connectivity index (χ0) is 31.1. The Morgan fingerprint density at radius 2 is 1.91 bits per heavy atom. The number of piperidine rings is 1. The first-order valence-corrected chi connectivity index (χ1v) is 15.8. The maximum atomic E-state index is 14.5. The van der Waals surface area contributed by atoms with Gasteiger partial charge in [-0.1, -0.05) is 36.8 Å². The zero-order valence-electron chi connectivity index (χ0n) is 25.4. The van der Waals surface area contributed by atoms with Crippen molar-refractivity contribution in [3.63, 3.8) is 0 Å². The van der Waals surface area contributed by atoms with Gasteiger partial charge in [-0.15, -0.1) is 0 Å². The van der Waals surface area contributed by atoms with Crippen molar-refractivity contribution in [2.24, 2.45) is 23.2 Å². The number of alkyl halides is 3. The molecule has 2 bridgehead atoms. The van der Waals surface area contributed by atoms with Crippen molar-refractivity contribution < 1.29 is 41.5 Å². The highest BCUT2D eigenvalue weighted by molar-refractivity contribution is 5.99. The number of rotatable bonds is 7. The van der Waals surface area contributed by atoms with Crippen molar-refractivity contribution in [3.05, 3.63) is 64.6 Å². The van der Waals surface area contributed by atoms with Gasteiger partial charge in [0.05, 0.1) is 39.4 Å². The van der Waals surface area contributed by atoms with E-state index in [0.717, 1.165) is 60.8 Å². The number of halogens is 3. The number of hydrogen-bond donors (Lipinski definition) is 1. The Morgan fingerprint density at radius 1 is 1.16 bits per heavy atom. The van der Waals surface area contributed by atoms with E-state index in [0.29, 0.717) is 12.2 Å². The third kappa shape index (κ3) is 4.46. The smallest absolute Gasteiger partial charge is 0.421 e. The summed E-state index contributed by atoms with van der Waals surface area (Å²) in [5, 5.41) is 2.78. The number of methoxy groups -OCH3 is 1. The molecule has 2 saturated heterocycles. The molecule has 3 saturated carbocycles. The van der Waals surface area contributed by atoms with Crippen molar-refractivity contribution in [3.8, 4) is 0 Å². The van der Waals surface area contributed by atoms with Crippen LogP contribution in [0.5, 0.6) is 0 Å². The normalized spacial score (nSPS) is 37.6. The third-order valence-electron chi connectivity index (χ3n) is 11.4. The van der Waals surface area contributed by atoms with Crippen molar-refractivity contribution in [1.29, 1.82) is 0 Å². The minimum atomic E-state index is -4.92. The van der Waals surface area contributed by atoms with Gasteiger partial charge in [0.15, 0.2) is 5.76 Å². The number of carbonyl (C=O) groups is 2. The first-order valence-electron chi connectivity index (χ1n) is 15.8. The fourth-order valence-corrected chi connectivity index (χ4v) is 9.64. The summed E-state index contributed by atoms with van der Waals surface area (Å²) in [5.74, 6) is -0.798. The lowest BCUT2D eigenvalue weighted by molar-refractivity contribution is -0.948. The van der Waals surface area contributed by atoms with Crippen molar-refractivity contribution in [2.75, 3.05) is 27.2 Å². The number of hydrogen-bond acceptors (Lipinski definition) is 5. The Morgan fingerprint density at radius 3 is 2.57 bits per heavy atom. The molecule has 7 nitrogen and oxygen atoms in total. The van der Waals surface area contributed by atoms with Gasteiger partial charge >= 0.3 is 12.1 Å². The molecule has 1 amide bonds. The minimum absolute atomic E-state index is 0.152. The summed E-state index contributed by atoms with van der Waals surface area (Å²) in [7, 11) is 3.76. The first kappa shape index (κ1) is 29.6. The van der Waals surface area contributed by atoms with Crippen LogP contribution >= 0.6 is 0 Å². The molecule has 4 aliphatic carbocycles. The van der Waals surface area contributed by atoms with Gasteiger partial charge in [-0.05, 0) is 42.9 Å². The molecule has 10 heteroatoms. The van der Waals surface area contributed by atoms with Crippen LogP contribution in [0.15, 0.2) is 59.1 Å². The number of quaternary nitrogens is 1. The van der Waals surface area contributed by atoms with Crippen molar-refractivity contribution in [2.45, 2.75) is 75.9 Å². The summed E-state index contributed by atoms with van der Waals surface area (Å²) < 4.78 is 63.0. The number of amides is 1. The van der Waals surface area contributed by atoms with E-state index in [4.69, 9.17) is 14.2 Å². The van der Waals surface area contributed by atoms with Crippen molar-refractivity contribution in [1.82, 2.24) is 5.32 Å². The number of ether oxygens (including phenoxy) is 3. The van der Waals surface area contributed by atoms with Gasteiger partial charge in [0.25, 0.3) is 5.91 Å². The van der Waals surface area contributed by atoms with Gasteiger partial charge in [-0.3, -0.25) is 9.59 Å². The second-order valence-corrected chi connectivity index (χ2v) is 13.9. The Bertz CT molecular complexity index is 1470. The molecular weight excluding hydrogens is 573 g/mol. The van der Waals surface area contributed by atoms with Gasteiger partial charge < -0.3 is 24.0 Å². The number of allylic oxidation sites excluding steroid dienone is 1. The van der Waals surface area contributed by atoms with Crippen LogP contribution in [0.3, 0.4) is 0 Å². The summed E-state index contributed by atoms with van der Waals surface area (Å²) in [6, 6.07) is 8.26. The lowest BCUT2D eigenvalue weighted by atomic mass is 9.46. The molecule has 1 aromatic rings. The minimum Gasteiger partial charge on any atom is -0.496 e. The molecule has 1 aromatic carbocycles. The van der Waals surface area contributed by atoms with Gasteiger partial charge in [0, 0.05) is 49.0 Å².